The summed E-state index contributed by atoms with van der Waals surface area (Å²) in [7, 11) is 0. The van der Waals surface area contributed by atoms with E-state index in [4.69, 9.17) is 5.11 Å². The Morgan fingerprint density at radius 3 is 2.11 bits per heavy atom. The number of alkyl halides is 4. The minimum absolute atomic E-state index is 0.0650. The number of benzene rings is 1. The van der Waals surface area contributed by atoms with Crippen molar-refractivity contribution < 1.29 is 36.9 Å². The zero-order valence-corrected chi connectivity index (χ0v) is 9.28. The number of ether oxygens (including phenoxy) is 2. The summed E-state index contributed by atoms with van der Waals surface area (Å²) in [6, 6.07) is 2.82. The van der Waals surface area contributed by atoms with E-state index in [1.54, 1.807) is 0 Å². The molecular formula is C11H8F4O4. The van der Waals surface area contributed by atoms with E-state index in [1.807, 2.05) is 0 Å². The van der Waals surface area contributed by atoms with Gasteiger partial charge in [-0.05, 0) is 17.7 Å². The van der Waals surface area contributed by atoms with Crippen LogP contribution in [0.15, 0.2) is 24.8 Å². The fourth-order valence-corrected chi connectivity index (χ4v) is 1.20. The quantitative estimate of drug-likeness (QED) is 0.643. The summed E-state index contributed by atoms with van der Waals surface area (Å²) in [6.45, 7) is -3.29. The fraction of sp³-hybridized carbons (Fsp3) is 0.182. The maximum absolute atomic E-state index is 12.1. The van der Waals surface area contributed by atoms with Crippen LogP contribution in [0.5, 0.6) is 11.5 Å². The van der Waals surface area contributed by atoms with Gasteiger partial charge in [-0.1, -0.05) is 12.6 Å². The van der Waals surface area contributed by atoms with Crippen molar-refractivity contribution in [3.8, 4) is 11.5 Å². The van der Waals surface area contributed by atoms with Gasteiger partial charge in [-0.2, -0.15) is 17.6 Å². The molecular weight excluding hydrogens is 272 g/mol. The van der Waals surface area contributed by atoms with E-state index in [-0.39, 0.29) is 5.56 Å². The van der Waals surface area contributed by atoms with Crippen LogP contribution in [0.2, 0.25) is 0 Å². The number of carboxylic acids is 1. The lowest BCUT2D eigenvalue weighted by Gasteiger charge is -2.13. The first kappa shape index (κ1) is 14.8. The van der Waals surface area contributed by atoms with Gasteiger partial charge >= 0.3 is 19.2 Å². The van der Waals surface area contributed by atoms with E-state index in [0.29, 0.717) is 0 Å². The monoisotopic (exact) mass is 280 g/mol. The van der Waals surface area contributed by atoms with Crippen LogP contribution in [0, 0.1) is 0 Å². The lowest BCUT2D eigenvalue weighted by atomic mass is 10.1. The lowest BCUT2D eigenvalue weighted by molar-refractivity contribution is -0.130. The second-order valence-corrected chi connectivity index (χ2v) is 3.20. The zero-order valence-electron chi connectivity index (χ0n) is 9.28. The summed E-state index contributed by atoms with van der Waals surface area (Å²) in [5.74, 6) is -2.71. The predicted molar refractivity (Wildman–Crippen MR) is 56.4 cm³/mol. The number of aliphatic carboxylic acids is 1. The van der Waals surface area contributed by atoms with E-state index in [0.717, 1.165) is 18.2 Å². The molecule has 0 atom stereocenters. The second kappa shape index (κ2) is 6.07. The number of carbonyl (C=O) groups is 1. The van der Waals surface area contributed by atoms with Crippen LogP contribution < -0.4 is 9.47 Å². The van der Waals surface area contributed by atoms with Gasteiger partial charge in [-0.15, -0.1) is 0 Å². The van der Waals surface area contributed by atoms with Crippen molar-refractivity contribution in [3.63, 3.8) is 0 Å². The molecule has 1 aromatic rings. The number of halogens is 4. The highest BCUT2D eigenvalue weighted by molar-refractivity contribution is 6.14. The number of rotatable bonds is 6. The Morgan fingerprint density at radius 1 is 1.11 bits per heavy atom. The first-order valence-corrected chi connectivity index (χ1v) is 4.77. The molecule has 1 rings (SSSR count). The maximum Gasteiger partial charge on any atom is 0.387 e. The first-order chi connectivity index (χ1) is 8.81. The second-order valence-electron chi connectivity index (χ2n) is 3.20. The fourth-order valence-electron chi connectivity index (χ4n) is 1.20. The molecule has 4 nitrogen and oxygen atoms in total. The molecule has 0 fully saturated rings. The largest absolute Gasteiger partial charge is 0.478 e. The van der Waals surface area contributed by atoms with Crippen LogP contribution in [-0.4, -0.2) is 24.3 Å². The van der Waals surface area contributed by atoms with Crippen molar-refractivity contribution in [1.82, 2.24) is 0 Å². The molecule has 0 heterocycles. The van der Waals surface area contributed by atoms with Crippen molar-refractivity contribution in [1.29, 1.82) is 0 Å². The van der Waals surface area contributed by atoms with Gasteiger partial charge in [0.2, 0.25) is 0 Å². The molecule has 0 aliphatic heterocycles. The summed E-state index contributed by atoms with van der Waals surface area (Å²) in [5, 5.41) is 8.68. The topological polar surface area (TPSA) is 55.8 Å². The Hall–Kier alpha value is -2.25. The highest BCUT2D eigenvalue weighted by atomic mass is 19.3. The Labute approximate surface area is 104 Å². The molecule has 8 heteroatoms. The lowest BCUT2D eigenvalue weighted by Crippen LogP contribution is -2.08. The van der Waals surface area contributed by atoms with Crippen molar-refractivity contribution >= 4 is 11.5 Å². The summed E-state index contributed by atoms with van der Waals surface area (Å²) in [6.07, 6.45) is 0. The Balaban J connectivity index is 3.14. The molecule has 0 aliphatic carbocycles. The molecule has 0 radical (unpaired) electrons. The normalized spacial score (nSPS) is 10.6. The average Bonchev–Trinajstić information content (AvgIpc) is 2.29. The molecule has 0 aromatic heterocycles. The maximum atomic E-state index is 12.1. The highest BCUT2D eigenvalue weighted by Crippen LogP contribution is 2.32. The van der Waals surface area contributed by atoms with Crippen LogP contribution >= 0.6 is 0 Å². The molecule has 0 saturated heterocycles. The van der Waals surface area contributed by atoms with E-state index in [9.17, 15) is 22.4 Å². The van der Waals surface area contributed by atoms with Gasteiger partial charge in [0.15, 0.2) is 11.5 Å². The number of carboxylic acid groups (broad SMARTS) is 1. The molecule has 0 spiro atoms. The van der Waals surface area contributed by atoms with E-state index < -0.39 is 36.3 Å². The minimum atomic E-state index is -3.27. The average molecular weight is 280 g/mol. The molecule has 0 saturated carbocycles. The minimum Gasteiger partial charge on any atom is -0.478 e. The highest BCUT2D eigenvalue weighted by Gasteiger charge is 2.17. The SMILES string of the molecule is C=C(C(=O)O)c1ccc(OC(F)F)c(OC(F)F)c1. The van der Waals surface area contributed by atoms with E-state index in [2.05, 4.69) is 16.1 Å². The van der Waals surface area contributed by atoms with Gasteiger partial charge in [-0.25, -0.2) is 4.79 Å². The van der Waals surface area contributed by atoms with Crippen molar-refractivity contribution in [3.05, 3.63) is 30.3 Å². The molecule has 0 unspecified atom stereocenters. The Bertz CT molecular complexity index is 488. The van der Waals surface area contributed by atoms with Gasteiger partial charge in [0.25, 0.3) is 0 Å². The van der Waals surface area contributed by atoms with Crippen LogP contribution in [0.4, 0.5) is 17.6 Å². The van der Waals surface area contributed by atoms with Crippen LogP contribution in [-0.2, 0) is 4.79 Å². The van der Waals surface area contributed by atoms with Crippen LogP contribution in [0.25, 0.3) is 5.57 Å². The standard InChI is InChI=1S/C11H8F4O4/c1-5(9(16)17)6-2-3-7(18-10(12)13)8(4-6)19-11(14)15/h2-4,10-11H,1H2,(H,16,17). The Morgan fingerprint density at radius 2 is 1.63 bits per heavy atom. The summed E-state index contributed by atoms with van der Waals surface area (Å²) in [5.41, 5.74) is -0.465. The molecule has 19 heavy (non-hydrogen) atoms. The van der Waals surface area contributed by atoms with Gasteiger partial charge in [-0.3, -0.25) is 0 Å². The smallest absolute Gasteiger partial charge is 0.387 e. The van der Waals surface area contributed by atoms with Gasteiger partial charge in [0, 0.05) is 0 Å². The van der Waals surface area contributed by atoms with Crippen LogP contribution in [0.3, 0.4) is 0 Å². The van der Waals surface area contributed by atoms with Crippen LogP contribution in [0.1, 0.15) is 5.56 Å². The molecule has 0 bridgehead atoms. The first-order valence-electron chi connectivity index (χ1n) is 4.77. The third-order valence-corrected chi connectivity index (χ3v) is 1.98. The Kier molecular flexibility index (Phi) is 4.74. The van der Waals surface area contributed by atoms with E-state index in [1.165, 1.54) is 0 Å². The third kappa shape index (κ3) is 4.16. The third-order valence-electron chi connectivity index (χ3n) is 1.98. The molecule has 0 aliphatic rings. The molecule has 1 aromatic carbocycles. The molecule has 104 valence electrons. The van der Waals surface area contributed by atoms with Gasteiger partial charge in [0.1, 0.15) is 0 Å². The summed E-state index contributed by atoms with van der Waals surface area (Å²) < 4.78 is 56.3. The molecule has 1 N–H and O–H groups in total. The van der Waals surface area contributed by atoms with Crippen molar-refractivity contribution in [2.75, 3.05) is 0 Å². The number of hydrogen-bond donors (Lipinski definition) is 1. The summed E-state index contributed by atoms with van der Waals surface area (Å²) >= 11 is 0. The molecule has 0 amide bonds. The zero-order chi connectivity index (χ0) is 14.6. The summed E-state index contributed by atoms with van der Waals surface area (Å²) in [4.78, 5) is 10.7. The van der Waals surface area contributed by atoms with Crippen molar-refractivity contribution in [2.24, 2.45) is 0 Å². The van der Waals surface area contributed by atoms with Gasteiger partial charge in [0.05, 0.1) is 5.57 Å². The predicted octanol–water partition coefficient (Wildman–Crippen LogP) is 2.99. The van der Waals surface area contributed by atoms with Crippen molar-refractivity contribution in [2.45, 2.75) is 13.2 Å². The van der Waals surface area contributed by atoms with E-state index >= 15 is 0 Å². The number of hydrogen-bond acceptors (Lipinski definition) is 3. The van der Waals surface area contributed by atoms with Gasteiger partial charge < -0.3 is 14.6 Å².